The third-order valence-electron chi connectivity index (χ3n) is 7.02. The zero-order valence-electron chi connectivity index (χ0n) is 20.9. The van der Waals surface area contributed by atoms with Crippen molar-refractivity contribution in [2.45, 2.75) is 69.1 Å². The number of carbonyl (C=O) groups is 2. The van der Waals surface area contributed by atoms with Crippen molar-refractivity contribution in [3.63, 3.8) is 0 Å². The summed E-state index contributed by atoms with van der Waals surface area (Å²) in [5.74, 6) is -1.95. The van der Waals surface area contributed by atoms with Gasteiger partial charge in [-0.15, -0.1) is 0 Å². The number of hydrogen-bond acceptors (Lipinski definition) is 5. The lowest BCUT2D eigenvalue weighted by atomic mass is 9.89. The number of halogens is 2. The quantitative estimate of drug-likeness (QED) is 0.453. The maximum atomic E-state index is 14.0. The van der Waals surface area contributed by atoms with Gasteiger partial charge < -0.3 is 14.7 Å². The van der Waals surface area contributed by atoms with Crippen LogP contribution in [-0.2, 0) is 24.2 Å². The van der Waals surface area contributed by atoms with E-state index in [0.29, 0.717) is 21.2 Å². The van der Waals surface area contributed by atoms with E-state index in [-0.39, 0.29) is 11.7 Å². The van der Waals surface area contributed by atoms with Gasteiger partial charge in [0.25, 0.3) is 5.91 Å². The lowest BCUT2D eigenvalue weighted by Gasteiger charge is -2.48. The van der Waals surface area contributed by atoms with Gasteiger partial charge in [0.1, 0.15) is 12.2 Å². The maximum absolute atomic E-state index is 14.0. The molecule has 37 heavy (non-hydrogen) atoms. The molecular weight excluding hydrogens is 537 g/mol. The van der Waals surface area contributed by atoms with Crippen LogP contribution in [0.3, 0.4) is 0 Å². The fourth-order valence-corrected chi connectivity index (χ4v) is 6.47. The molecule has 1 aliphatic carbocycles. The molecule has 10 heteroatoms. The fraction of sp³-hybridized carbons (Fsp3) is 0.481. The first-order valence-corrected chi connectivity index (χ1v) is 14.6. The van der Waals surface area contributed by atoms with Crippen molar-refractivity contribution in [3.05, 3.63) is 69.7 Å². The molecule has 0 spiro atoms. The normalized spacial score (nSPS) is 23.6. The number of hydrogen-bond donors (Lipinski definition) is 1. The monoisotopic (exact) mass is 567 g/mol. The second-order valence-electron chi connectivity index (χ2n) is 10.7. The molecule has 2 aliphatic rings. The number of ether oxygens (including phenoxy) is 1. The number of sulfone groups is 1. The van der Waals surface area contributed by atoms with Gasteiger partial charge in [0.2, 0.25) is 0 Å². The van der Waals surface area contributed by atoms with Crippen LogP contribution in [0.1, 0.15) is 63.3 Å². The van der Waals surface area contributed by atoms with E-state index in [4.69, 9.17) is 27.9 Å². The number of morpholine rings is 1. The highest BCUT2D eigenvalue weighted by atomic mass is 35.5. The predicted molar refractivity (Wildman–Crippen MR) is 142 cm³/mol. The first-order chi connectivity index (χ1) is 17.3. The Morgan fingerprint density at radius 1 is 1.08 bits per heavy atom. The molecule has 0 bridgehead atoms. The highest BCUT2D eigenvalue weighted by Crippen LogP contribution is 2.48. The number of carbonyl (C=O) groups excluding carboxylic acids is 1. The van der Waals surface area contributed by atoms with E-state index in [1.807, 2.05) is 6.07 Å². The highest BCUT2D eigenvalue weighted by molar-refractivity contribution is 7.92. The van der Waals surface area contributed by atoms with Gasteiger partial charge in [-0.2, -0.15) is 0 Å². The predicted octanol–water partition coefficient (Wildman–Crippen LogP) is 5.47. The lowest BCUT2D eigenvalue weighted by Crippen LogP contribution is -2.58. The van der Waals surface area contributed by atoms with Gasteiger partial charge in [-0.1, -0.05) is 47.5 Å². The van der Waals surface area contributed by atoms with Crippen molar-refractivity contribution in [1.29, 1.82) is 0 Å². The molecule has 0 unspecified atom stereocenters. The van der Waals surface area contributed by atoms with Crippen LogP contribution in [0.15, 0.2) is 48.5 Å². The van der Waals surface area contributed by atoms with E-state index < -0.39 is 57.2 Å². The van der Waals surface area contributed by atoms with Crippen LogP contribution < -0.4 is 0 Å². The molecule has 4 rings (SSSR count). The summed E-state index contributed by atoms with van der Waals surface area (Å²) in [6, 6.07) is 12.6. The molecule has 7 nitrogen and oxygen atoms in total. The number of carboxylic acid groups (broad SMARTS) is 1. The topological polar surface area (TPSA) is 101 Å². The molecule has 2 aromatic rings. The third-order valence-corrected chi connectivity index (χ3v) is 10.2. The Hall–Kier alpha value is -2.13. The molecule has 0 aromatic heterocycles. The van der Waals surface area contributed by atoms with E-state index in [0.717, 1.165) is 12.8 Å². The van der Waals surface area contributed by atoms with Crippen LogP contribution in [0.25, 0.3) is 0 Å². The van der Waals surface area contributed by atoms with E-state index in [9.17, 15) is 23.1 Å². The summed E-state index contributed by atoms with van der Waals surface area (Å²) in [5, 5.41) is 10.5. The summed E-state index contributed by atoms with van der Waals surface area (Å²) in [7, 11) is -3.61. The Bertz CT molecular complexity index is 1270. The van der Waals surface area contributed by atoms with Gasteiger partial charge in [-0.3, -0.25) is 9.59 Å². The molecular formula is C27H31Cl2NO6S. The van der Waals surface area contributed by atoms with Crippen LogP contribution in [0.2, 0.25) is 10.0 Å². The average Bonchev–Trinajstić information content (AvgIpc) is 3.64. The van der Waals surface area contributed by atoms with Crippen molar-refractivity contribution in [2.24, 2.45) is 5.92 Å². The summed E-state index contributed by atoms with van der Waals surface area (Å²) < 4.78 is 32.0. The largest absolute Gasteiger partial charge is 0.481 e. The zero-order chi connectivity index (χ0) is 27.1. The molecule has 1 saturated carbocycles. The Labute approximate surface area is 227 Å². The van der Waals surface area contributed by atoms with Crippen LogP contribution >= 0.6 is 23.2 Å². The van der Waals surface area contributed by atoms with E-state index in [1.165, 1.54) is 0 Å². The van der Waals surface area contributed by atoms with Gasteiger partial charge in [0.05, 0.1) is 23.0 Å². The number of amides is 1. The molecule has 1 heterocycles. The minimum atomic E-state index is -3.61. The first-order valence-electron chi connectivity index (χ1n) is 12.2. The van der Waals surface area contributed by atoms with Crippen LogP contribution in [0.4, 0.5) is 0 Å². The minimum absolute atomic E-state index is 0.0144. The molecule has 0 radical (unpaired) electrons. The van der Waals surface area contributed by atoms with Gasteiger partial charge in [0, 0.05) is 16.1 Å². The van der Waals surface area contributed by atoms with Crippen molar-refractivity contribution < 1.29 is 27.9 Å². The number of rotatable bonds is 8. The summed E-state index contributed by atoms with van der Waals surface area (Å²) in [4.78, 5) is 27.2. The van der Waals surface area contributed by atoms with E-state index >= 15 is 0 Å². The van der Waals surface area contributed by atoms with E-state index in [1.54, 1.807) is 68.1 Å². The standard InChI is InChI=1S/C27H31Cl2NO6S/c1-27(2,3)37(34,35)15-21(16-7-8-16)30-24(17-9-11-19(28)12-10-17)25(18-5-4-6-20(29)13-18)36-22(26(30)33)14-23(31)32/h4-6,9-13,16,21-22,24-25H,7-8,14-15H2,1-3H3,(H,31,32)/t21-,22-,24-,25-/m1/s1. The number of benzene rings is 2. The molecule has 1 amide bonds. The Morgan fingerprint density at radius 3 is 2.27 bits per heavy atom. The number of carboxylic acids is 1. The van der Waals surface area contributed by atoms with Gasteiger partial charge in [-0.25, -0.2) is 8.42 Å². The number of nitrogens with zero attached hydrogens (tertiary/aromatic N) is 1. The van der Waals surface area contributed by atoms with Gasteiger partial charge >= 0.3 is 5.97 Å². The van der Waals surface area contributed by atoms with Crippen molar-refractivity contribution in [2.75, 3.05) is 5.75 Å². The van der Waals surface area contributed by atoms with Crippen LogP contribution in [0.5, 0.6) is 0 Å². The zero-order valence-corrected chi connectivity index (χ0v) is 23.3. The highest BCUT2D eigenvalue weighted by Gasteiger charge is 2.52. The summed E-state index contributed by atoms with van der Waals surface area (Å²) in [6.45, 7) is 4.93. The second kappa shape index (κ2) is 10.6. The third kappa shape index (κ3) is 6.14. The molecule has 4 atom stereocenters. The molecule has 2 fully saturated rings. The molecule has 200 valence electrons. The van der Waals surface area contributed by atoms with Crippen LogP contribution in [-0.4, -0.2) is 52.9 Å². The maximum Gasteiger partial charge on any atom is 0.306 e. The fourth-order valence-electron chi connectivity index (χ4n) is 4.76. The van der Waals surface area contributed by atoms with Gasteiger partial charge in [-0.05, 0) is 74.9 Å². The van der Waals surface area contributed by atoms with E-state index in [2.05, 4.69) is 0 Å². The SMILES string of the molecule is CC(C)(C)S(=O)(=O)C[C@H](C1CC1)N1C(=O)[C@@H](CC(=O)O)O[C@H](c2cccc(Cl)c2)[C@H]1c1ccc(Cl)cc1. The lowest BCUT2D eigenvalue weighted by molar-refractivity contribution is -0.183. The summed E-state index contributed by atoms with van der Waals surface area (Å²) in [6.07, 6.45) is -1.02. The molecule has 1 saturated heterocycles. The Balaban J connectivity index is 1.89. The average molecular weight is 569 g/mol. The van der Waals surface area contributed by atoms with Crippen LogP contribution in [0, 0.1) is 5.92 Å². The first kappa shape index (κ1) is 27.9. The van der Waals surface area contributed by atoms with Crippen molar-refractivity contribution in [1.82, 2.24) is 4.90 Å². The minimum Gasteiger partial charge on any atom is -0.481 e. The Morgan fingerprint density at radius 2 is 1.73 bits per heavy atom. The molecule has 2 aromatic carbocycles. The van der Waals surface area contributed by atoms with Gasteiger partial charge in [0.15, 0.2) is 9.84 Å². The van der Waals surface area contributed by atoms with Crippen molar-refractivity contribution in [3.8, 4) is 0 Å². The number of aliphatic carboxylic acids is 1. The summed E-state index contributed by atoms with van der Waals surface area (Å²) in [5.41, 5.74) is 1.36. The molecule has 1 aliphatic heterocycles. The summed E-state index contributed by atoms with van der Waals surface area (Å²) >= 11 is 12.5. The smallest absolute Gasteiger partial charge is 0.306 e. The van der Waals surface area contributed by atoms with Crippen molar-refractivity contribution >= 4 is 44.9 Å². The molecule has 1 N–H and O–H groups in total. The Kier molecular flexibility index (Phi) is 7.96. The second-order valence-corrected chi connectivity index (χ2v) is 14.4.